The number of carbonyl (C=O) groups excluding carboxylic acids is 1. The average molecular weight is 365 g/mol. The summed E-state index contributed by atoms with van der Waals surface area (Å²) in [6.07, 6.45) is 2.51. The summed E-state index contributed by atoms with van der Waals surface area (Å²) >= 11 is 13.8. The van der Waals surface area contributed by atoms with Gasteiger partial charge in [-0.1, -0.05) is 34.5 Å². The summed E-state index contributed by atoms with van der Waals surface area (Å²) in [4.78, 5) is 16.7. The summed E-state index contributed by atoms with van der Waals surface area (Å²) in [6, 6.07) is 5.27. The van der Waals surface area contributed by atoms with Gasteiger partial charge >= 0.3 is 0 Å². The molecule has 1 amide bonds. The van der Waals surface area contributed by atoms with Crippen molar-refractivity contribution in [1.82, 2.24) is 14.8 Å². The monoisotopic (exact) mass is 364 g/mol. The fourth-order valence-corrected chi connectivity index (χ4v) is 4.08. The summed E-state index contributed by atoms with van der Waals surface area (Å²) in [5.41, 5.74) is 3.71. The summed E-state index contributed by atoms with van der Waals surface area (Å²) in [6.45, 7) is 1.47. The van der Waals surface area contributed by atoms with Crippen LogP contribution in [-0.2, 0) is 11.2 Å². The maximum Gasteiger partial charge on any atom is 0.223 e. The molecule has 0 bridgehead atoms. The normalized spacial score (nSPS) is 12.1. The van der Waals surface area contributed by atoms with E-state index >= 15 is 0 Å². The number of halogens is 2. The Kier molecular flexibility index (Phi) is 3.41. The van der Waals surface area contributed by atoms with Gasteiger partial charge in [-0.15, -0.1) is 0 Å². The number of thiazole rings is 1. The predicted octanol–water partition coefficient (Wildman–Crippen LogP) is 4.17. The van der Waals surface area contributed by atoms with Crippen LogP contribution in [0.2, 0.25) is 10.0 Å². The van der Waals surface area contributed by atoms with Gasteiger partial charge in [0, 0.05) is 23.9 Å². The minimum absolute atomic E-state index is 0.135. The highest BCUT2D eigenvalue weighted by Gasteiger charge is 2.29. The molecule has 23 heavy (non-hydrogen) atoms. The number of nitrogens with one attached hydrogen (secondary N) is 1. The molecular weight excluding hydrogens is 355 g/mol. The Balaban J connectivity index is 1.85. The number of rotatable bonds is 2. The van der Waals surface area contributed by atoms with Crippen LogP contribution in [0.25, 0.3) is 16.3 Å². The number of amides is 1. The van der Waals surface area contributed by atoms with E-state index in [0.29, 0.717) is 21.6 Å². The second-order valence-corrected chi connectivity index (χ2v) is 7.02. The van der Waals surface area contributed by atoms with Gasteiger partial charge in [0.2, 0.25) is 5.91 Å². The fourth-order valence-electron chi connectivity index (χ4n) is 2.63. The smallest absolute Gasteiger partial charge is 0.223 e. The highest BCUT2D eigenvalue weighted by molar-refractivity contribution is 7.19. The molecule has 0 unspecified atom stereocenters. The van der Waals surface area contributed by atoms with Gasteiger partial charge in [-0.25, -0.2) is 9.67 Å². The van der Waals surface area contributed by atoms with Gasteiger partial charge in [-0.2, -0.15) is 5.10 Å². The molecule has 0 saturated heterocycles. The van der Waals surface area contributed by atoms with Gasteiger partial charge < -0.3 is 5.32 Å². The van der Waals surface area contributed by atoms with E-state index in [1.807, 2.05) is 6.20 Å². The van der Waals surface area contributed by atoms with E-state index in [0.717, 1.165) is 27.5 Å². The maximum absolute atomic E-state index is 11.2. The fraction of sp³-hybridized carbons (Fsp3) is 0.133. The van der Waals surface area contributed by atoms with Crippen LogP contribution in [0.4, 0.5) is 5.13 Å². The van der Waals surface area contributed by atoms with Crippen molar-refractivity contribution in [2.45, 2.75) is 13.3 Å². The van der Waals surface area contributed by atoms with Crippen molar-refractivity contribution >= 4 is 45.6 Å². The molecule has 1 aromatic carbocycles. The number of aromatic nitrogens is 3. The summed E-state index contributed by atoms with van der Waals surface area (Å²) < 4.78 is 1.78. The zero-order valence-corrected chi connectivity index (χ0v) is 14.3. The van der Waals surface area contributed by atoms with Crippen LogP contribution in [-0.4, -0.2) is 20.7 Å². The third-order valence-electron chi connectivity index (χ3n) is 3.53. The summed E-state index contributed by atoms with van der Waals surface area (Å²) in [5.74, 6) is -0.135. The lowest BCUT2D eigenvalue weighted by atomic mass is 10.2. The third-order valence-corrected chi connectivity index (χ3v) is 5.11. The topological polar surface area (TPSA) is 59.8 Å². The Morgan fingerprint density at radius 1 is 1.39 bits per heavy atom. The molecule has 0 aliphatic heterocycles. The quantitative estimate of drug-likeness (QED) is 0.580. The second-order valence-electron chi connectivity index (χ2n) is 5.18. The lowest BCUT2D eigenvalue weighted by Gasteiger charge is -2.08. The van der Waals surface area contributed by atoms with Gasteiger partial charge in [0.15, 0.2) is 5.13 Å². The number of fused-ring (bicyclic) bond motifs is 3. The van der Waals surface area contributed by atoms with E-state index in [2.05, 4.69) is 15.4 Å². The first-order valence-electron chi connectivity index (χ1n) is 6.83. The van der Waals surface area contributed by atoms with Crippen molar-refractivity contribution in [2.24, 2.45) is 0 Å². The minimum atomic E-state index is -0.135. The van der Waals surface area contributed by atoms with Crippen molar-refractivity contribution in [2.75, 3.05) is 5.32 Å². The predicted molar refractivity (Wildman–Crippen MR) is 91.8 cm³/mol. The number of benzene rings is 1. The van der Waals surface area contributed by atoms with E-state index in [-0.39, 0.29) is 5.91 Å². The number of hydrogen-bond donors (Lipinski definition) is 1. The number of anilines is 1. The summed E-state index contributed by atoms with van der Waals surface area (Å²) in [5, 5.41) is 8.93. The van der Waals surface area contributed by atoms with E-state index in [9.17, 15) is 4.79 Å². The number of hydrogen-bond acceptors (Lipinski definition) is 4. The van der Waals surface area contributed by atoms with Gasteiger partial charge in [0.1, 0.15) is 0 Å². The van der Waals surface area contributed by atoms with E-state index in [1.165, 1.54) is 18.3 Å². The van der Waals surface area contributed by atoms with Crippen LogP contribution in [0.15, 0.2) is 24.4 Å². The Morgan fingerprint density at radius 3 is 3.00 bits per heavy atom. The molecular formula is C15H10Cl2N4OS. The first-order chi connectivity index (χ1) is 11.0. The molecule has 116 valence electrons. The Labute approximate surface area is 145 Å². The van der Waals surface area contributed by atoms with Gasteiger partial charge in [0.05, 0.1) is 33.2 Å². The lowest BCUT2D eigenvalue weighted by molar-refractivity contribution is -0.114. The van der Waals surface area contributed by atoms with E-state index < -0.39 is 0 Å². The average Bonchev–Trinajstić information content (AvgIpc) is 3.11. The first kappa shape index (κ1) is 14.7. The molecule has 0 fully saturated rings. The zero-order chi connectivity index (χ0) is 16.1. The first-order valence-corrected chi connectivity index (χ1v) is 8.40. The van der Waals surface area contributed by atoms with Crippen molar-refractivity contribution in [3.63, 3.8) is 0 Å². The Morgan fingerprint density at radius 2 is 2.22 bits per heavy atom. The molecule has 1 N–H and O–H groups in total. The molecule has 0 saturated carbocycles. The molecule has 0 atom stereocenters. The maximum atomic E-state index is 11.2. The molecule has 4 rings (SSSR count). The number of nitrogens with zero attached hydrogens (tertiary/aromatic N) is 3. The molecule has 1 aliphatic rings. The van der Waals surface area contributed by atoms with Crippen LogP contribution < -0.4 is 5.32 Å². The Hall–Kier alpha value is -1.89. The van der Waals surface area contributed by atoms with Crippen molar-refractivity contribution in [3.05, 3.63) is 45.7 Å². The molecule has 0 spiro atoms. The second kappa shape index (κ2) is 5.33. The highest BCUT2D eigenvalue weighted by Crippen LogP contribution is 2.43. The third kappa shape index (κ3) is 2.43. The lowest BCUT2D eigenvalue weighted by Crippen LogP contribution is -2.05. The van der Waals surface area contributed by atoms with Crippen molar-refractivity contribution in [1.29, 1.82) is 0 Å². The van der Waals surface area contributed by atoms with Crippen molar-refractivity contribution in [3.8, 4) is 16.3 Å². The van der Waals surface area contributed by atoms with Crippen molar-refractivity contribution < 1.29 is 4.79 Å². The standard InChI is InChI=1S/C15H10Cl2N4OS/c1-7(22)19-15-20-11-4-8-6-18-21(13(8)14(11)23-15)12-5-9(16)2-3-10(12)17/h2-3,5-6H,4H2,1H3,(H,19,20,22). The molecule has 0 radical (unpaired) electrons. The molecule has 2 heterocycles. The van der Waals surface area contributed by atoms with E-state index in [4.69, 9.17) is 23.2 Å². The Bertz CT molecular complexity index is 947. The molecule has 8 heteroatoms. The van der Waals surface area contributed by atoms with Gasteiger partial charge in [-0.05, 0) is 18.2 Å². The SMILES string of the molecule is CC(=O)Nc1nc2c(s1)-c1c(cnn1-c1cc(Cl)ccc1Cl)C2. The van der Waals surface area contributed by atoms with Gasteiger partial charge in [-0.3, -0.25) is 4.79 Å². The van der Waals surface area contributed by atoms with E-state index in [1.54, 1.807) is 22.9 Å². The van der Waals surface area contributed by atoms with Crippen LogP contribution in [0.3, 0.4) is 0 Å². The van der Waals surface area contributed by atoms with Crippen LogP contribution in [0.1, 0.15) is 18.2 Å². The highest BCUT2D eigenvalue weighted by atomic mass is 35.5. The van der Waals surface area contributed by atoms with Gasteiger partial charge in [0.25, 0.3) is 0 Å². The van der Waals surface area contributed by atoms with Crippen LogP contribution in [0, 0.1) is 0 Å². The van der Waals surface area contributed by atoms with Crippen LogP contribution >= 0.6 is 34.5 Å². The molecule has 5 nitrogen and oxygen atoms in total. The zero-order valence-electron chi connectivity index (χ0n) is 11.9. The molecule has 2 aromatic heterocycles. The van der Waals surface area contributed by atoms with Crippen LogP contribution in [0.5, 0.6) is 0 Å². The summed E-state index contributed by atoms with van der Waals surface area (Å²) in [7, 11) is 0. The number of carbonyl (C=O) groups is 1. The largest absolute Gasteiger partial charge is 0.302 e. The molecule has 1 aliphatic carbocycles. The molecule has 3 aromatic rings. The minimum Gasteiger partial charge on any atom is -0.302 e.